The summed E-state index contributed by atoms with van der Waals surface area (Å²) < 4.78 is 0. The summed E-state index contributed by atoms with van der Waals surface area (Å²) in [6.45, 7) is 3.25. The third-order valence-electron chi connectivity index (χ3n) is 2.96. The molecule has 2 rings (SSSR count). The lowest BCUT2D eigenvalue weighted by molar-refractivity contribution is 0.0763. The van der Waals surface area contributed by atoms with Crippen LogP contribution in [0.4, 0.5) is 0 Å². The molecule has 0 aliphatic carbocycles. The second-order valence-electron chi connectivity index (χ2n) is 4.05. The first-order valence-corrected chi connectivity index (χ1v) is 6.12. The SMILES string of the molecule is CC(O)C1CCN(C(=O)c2ccsc2)C1. The van der Waals surface area contributed by atoms with Crippen molar-refractivity contribution in [3.8, 4) is 0 Å². The summed E-state index contributed by atoms with van der Waals surface area (Å²) in [7, 11) is 0. The number of rotatable bonds is 2. The maximum Gasteiger partial charge on any atom is 0.254 e. The van der Waals surface area contributed by atoms with Crippen LogP contribution >= 0.6 is 11.3 Å². The predicted octanol–water partition coefficient (Wildman–Crippen LogP) is 1.59. The van der Waals surface area contributed by atoms with Gasteiger partial charge < -0.3 is 10.0 Å². The van der Waals surface area contributed by atoms with Gasteiger partial charge in [0.25, 0.3) is 5.91 Å². The fourth-order valence-corrected chi connectivity index (χ4v) is 2.56. The number of aliphatic hydroxyl groups is 1. The molecule has 3 nitrogen and oxygen atoms in total. The molecule has 15 heavy (non-hydrogen) atoms. The Morgan fingerprint density at radius 1 is 1.73 bits per heavy atom. The van der Waals surface area contributed by atoms with Crippen molar-refractivity contribution in [1.82, 2.24) is 4.90 Å². The molecule has 1 fully saturated rings. The minimum atomic E-state index is -0.315. The Labute approximate surface area is 93.3 Å². The zero-order valence-electron chi connectivity index (χ0n) is 8.72. The van der Waals surface area contributed by atoms with Gasteiger partial charge in [-0.25, -0.2) is 0 Å². The highest BCUT2D eigenvalue weighted by atomic mass is 32.1. The van der Waals surface area contributed by atoms with Crippen molar-refractivity contribution >= 4 is 17.2 Å². The Bertz CT molecular complexity index is 334. The van der Waals surface area contributed by atoms with Crippen molar-refractivity contribution in [2.45, 2.75) is 19.4 Å². The molecular weight excluding hydrogens is 210 g/mol. The van der Waals surface area contributed by atoms with Crippen molar-refractivity contribution in [3.05, 3.63) is 22.4 Å². The molecule has 1 aromatic rings. The van der Waals surface area contributed by atoms with Crippen LogP contribution in [0.2, 0.25) is 0 Å². The Morgan fingerprint density at radius 3 is 3.07 bits per heavy atom. The van der Waals surface area contributed by atoms with Crippen molar-refractivity contribution < 1.29 is 9.90 Å². The molecule has 2 unspecified atom stereocenters. The highest BCUT2D eigenvalue weighted by molar-refractivity contribution is 7.08. The smallest absolute Gasteiger partial charge is 0.254 e. The van der Waals surface area contributed by atoms with Crippen LogP contribution in [0.25, 0.3) is 0 Å². The Balaban J connectivity index is 1.99. The topological polar surface area (TPSA) is 40.5 Å². The number of carbonyl (C=O) groups excluding carboxylic acids is 1. The Hall–Kier alpha value is -0.870. The molecule has 1 saturated heterocycles. The fraction of sp³-hybridized carbons (Fsp3) is 0.545. The largest absolute Gasteiger partial charge is 0.393 e. The third kappa shape index (κ3) is 2.21. The molecule has 0 aromatic carbocycles. The Morgan fingerprint density at radius 2 is 2.53 bits per heavy atom. The summed E-state index contributed by atoms with van der Waals surface area (Å²) in [5, 5.41) is 13.2. The number of nitrogens with zero attached hydrogens (tertiary/aromatic N) is 1. The first-order chi connectivity index (χ1) is 7.18. The highest BCUT2D eigenvalue weighted by Gasteiger charge is 2.29. The number of amides is 1. The summed E-state index contributed by atoms with van der Waals surface area (Å²) in [5.41, 5.74) is 0.770. The van der Waals surface area contributed by atoms with Gasteiger partial charge in [0.05, 0.1) is 11.7 Å². The molecule has 2 atom stereocenters. The number of hydrogen-bond acceptors (Lipinski definition) is 3. The fourth-order valence-electron chi connectivity index (χ4n) is 1.93. The van der Waals surface area contributed by atoms with Crippen LogP contribution in [0.5, 0.6) is 0 Å². The van der Waals surface area contributed by atoms with Crippen LogP contribution in [0.15, 0.2) is 16.8 Å². The minimum Gasteiger partial charge on any atom is -0.393 e. The first kappa shape index (κ1) is 10.6. The number of thiophene rings is 1. The van der Waals surface area contributed by atoms with E-state index in [2.05, 4.69) is 0 Å². The first-order valence-electron chi connectivity index (χ1n) is 5.18. The third-order valence-corrected chi connectivity index (χ3v) is 3.65. The lowest BCUT2D eigenvalue weighted by Crippen LogP contribution is -2.30. The second-order valence-corrected chi connectivity index (χ2v) is 4.83. The summed E-state index contributed by atoms with van der Waals surface area (Å²) in [5.74, 6) is 0.340. The molecule has 1 aromatic heterocycles. The summed E-state index contributed by atoms with van der Waals surface area (Å²) >= 11 is 1.54. The van der Waals surface area contributed by atoms with Gasteiger partial charge in [0.1, 0.15) is 0 Å². The average Bonchev–Trinajstić information content (AvgIpc) is 2.88. The van der Waals surface area contributed by atoms with Gasteiger partial charge in [0.2, 0.25) is 0 Å². The second kappa shape index (κ2) is 4.33. The molecule has 0 radical (unpaired) electrons. The van der Waals surface area contributed by atoms with Crippen LogP contribution in [0.1, 0.15) is 23.7 Å². The normalized spacial score (nSPS) is 23.1. The van der Waals surface area contributed by atoms with E-state index in [1.807, 2.05) is 21.7 Å². The monoisotopic (exact) mass is 225 g/mol. The molecule has 1 aliphatic heterocycles. The number of aliphatic hydroxyl groups excluding tert-OH is 1. The molecule has 0 spiro atoms. The van der Waals surface area contributed by atoms with Crippen molar-refractivity contribution in [2.24, 2.45) is 5.92 Å². The maximum atomic E-state index is 11.9. The van der Waals surface area contributed by atoms with Crippen LogP contribution in [-0.2, 0) is 0 Å². The predicted molar refractivity (Wildman–Crippen MR) is 60.0 cm³/mol. The number of carbonyl (C=O) groups is 1. The van der Waals surface area contributed by atoms with Crippen LogP contribution in [-0.4, -0.2) is 35.1 Å². The van der Waals surface area contributed by atoms with Gasteiger partial charge in [-0.2, -0.15) is 11.3 Å². The molecule has 1 amide bonds. The van der Waals surface area contributed by atoms with Gasteiger partial charge in [0, 0.05) is 24.4 Å². The van der Waals surface area contributed by atoms with Gasteiger partial charge >= 0.3 is 0 Å². The van der Waals surface area contributed by atoms with Gasteiger partial charge in [-0.1, -0.05) is 0 Å². The van der Waals surface area contributed by atoms with E-state index in [0.29, 0.717) is 6.54 Å². The van der Waals surface area contributed by atoms with Gasteiger partial charge in [0.15, 0.2) is 0 Å². The van der Waals surface area contributed by atoms with Crippen LogP contribution in [0.3, 0.4) is 0 Å². The van der Waals surface area contributed by atoms with E-state index in [1.54, 1.807) is 6.92 Å². The number of likely N-dealkylation sites (tertiary alicyclic amines) is 1. The van der Waals surface area contributed by atoms with E-state index in [0.717, 1.165) is 18.5 Å². The molecule has 1 N–H and O–H groups in total. The highest BCUT2D eigenvalue weighted by Crippen LogP contribution is 2.22. The van der Waals surface area contributed by atoms with Gasteiger partial charge in [-0.15, -0.1) is 0 Å². The van der Waals surface area contributed by atoms with E-state index in [1.165, 1.54) is 11.3 Å². The molecular formula is C11H15NO2S. The molecule has 4 heteroatoms. The quantitative estimate of drug-likeness (QED) is 0.830. The van der Waals surface area contributed by atoms with E-state index < -0.39 is 0 Å². The van der Waals surface area contributed by atoms with Crippen molar-refractivity contribution in [2.75, 3.05) is 13.1 Å². The Kier molecular flexibility index (Phi) is 3.07. The van der Waals surface area contributed by atoms with Crippen molar-refractivity contribution in [1.29, 1.82) is 0 Å². The molecule has 0 saturated carbocycles. The van der Waals surface area contributed by atoms with Gasteiger partial charge in [-0.05, 0) is 24.8 Å². The lowest BCUT2D eigenvalue weighted by Gasteiger charge is -2.16. The minimum absolute atomic E-state index is 0.0967. The van der Waals surface area contributed by atoms with Crippen LogP contribution in [0, 0.1) is 5.92 Å². The van der Waals surface area contributed by atoms with Crippen molar-refractivity contribution in [3.63, 3.8) is 0 Å². The zero-order valence-corrected chi connectivity index (χ0v) is 9.54. The molecule has 2 heterocycles. The summed E-state index contributed by atoms with van der Waals surface area (Å²) in [6, 6.07) is 1.85. The number of hydrogen-bond donors (Lipinski definition) is 1. The van der Waals surface area contributed by atoms with Gasteiger partial charge in [-0.3, -0.25) is 4.79 Å². The average molecular weight is 225 g/mol. The molecule has 1 aliphatic rings. The van der Waals surface area contributed by atoms with E-state index in [-0.39, 0.29) is 17.9 Å². The standard InChI is InChI=1S/C11H15NO2S/c1-8(13)9-2-4-12(6-9)11(14)10-3-5-15-7-10/h3,5,7-9,13H,2,4,6H2,1H3. The molecule has 82 valence electrons. The summed E-state index contributed by atoms with van der Waals surface area (Å²) in [6.07, 6.45) is 0.596. The van der Waals surface area contributed by atoms with Crippen LogP contribution < -0.4 is 0 Å². The maximum absolute atomic E-state index is 11.9. The van der Waals surface area contributed by atoms with E-state index in [4.69, 9.17) is 0 Å². The van der Waals surface area contributed by atoms with E-state index >= 15 is 0 Å². The zero-order chi connectivity index (χ0) is 10.8. The molecule has 0 bridgehead atoms. The lowest BCUT2D eigenvalue weighted by atomic mass is 10.0. The van der Waals surface area contributed by atoms with E-state index in [9.17, 15) is 9.90 Å². The summed E-state index contributed by atoms with van der Waals surface area (Å²) in [4.78, 5) is 13.8.